The molecule has 5 heteroatoms. The average molecular weight is 273 g/mol. The van der Waals surface area contributed by atoms with Crippen LogP contribution in [0.3, 0.4) is 0 Å². The molecule has 3 N–H and O–H groups in total. The molecule has 1 atom stereocenters. The van der Waals surface area contributed by atoms with Gasteiger partial charge in [0.15, 0.2) is 0 Å². The number of phenolic OH excluding ortho intramolecular Hbond substituents is 1. The zero-order valence-corrected chi connectivity index (χ0v) is 11.9. The lowest BCUT2D eigenvalue weighted by molar-refractivity contribution is -0.117. The van der Waals surface area contributed by atoms with E-state index in [4.69, 9.17) is 5.26 Å². The predicted octanol–water partition coefficient (Wildman–Crippen LogP) is 2.43. The molecule has 5 nitrogen and oxygen atoms in total. The fraction of sp³-hybridized carbons (Fsp3) is 0.333. The predicted molar refractivity (Wildman–Crippen MR) is 78.1 cm³/mol. The topological polar surface area (TPSA) is 85.2 Å². The second kappa shape index (κ2) is 7.19. The maximum atomic E-state index is 11.8. The minimum atomic E-state index is -0.430. The fourth-order valence-electron chi connectivity index (χ4n) is 1.47. The van der Waals surface area contributed by atoms with Crippen molar-refractivity contribution in [3.63, 3.8) is 0 Å². The minimum Gasteiger partial charge on any atom is -0.506 e. The van der Waals surface area contributed by atoms with Crippen LogP contribution in [0, 0.1) is 18.3 Å². The van der Waals surface area contributed by atoms with Crippen LogP contribution in [0.4, 0.5) is 5.69 Å². The van der Waals surface area contributed by atoms with E-state index >= 15 is 0 Å². The number of carbonyl (C=O) groups excluding carboxylic acids is 1. The number of carbonyl (C=O) groups is 1. The first-order chi connectivity index (χ1) is 9.47. The summed E-state index contributed by atoms with van der Waals surface area (Å²) >= 11 is 0. The summed E-state index contributed by atoms with van der Waals surface area (Å²) in [7, 11) is 0. The van der Waals surface area contributed by atoms with Gasteiger partial charge in [0.05, 0.1) is 5.69 Å². The third-order valence-corrected chi connectivity index (χ3v) is 2.88. The standard InChI is InChI=1S/C15H19N3O2/c1-4-11(3)18-15(20)12(8-16)9-17-13-6-5-10(2)7-14(13)19/h5-7,9,11,17,19H,4H2,1-3H3,(H,18,20)/b12-9-. The Balaban J connectivity index is 2.80. The van der Waals surface area contributed by atoms with Gasteiger partial charge in [-0.25, -0.2) is 0 Å². The number of benzene rings is 1. The van der Waals surface area contributed by atoms with Crippen LogP contribution < -0.4 is 10.6 Å². The van der Waals surface area contributed by atoms with Gasteiger partial charge in [-0.3, -0.25) is 4.79 Å². The number of nitrogens with one attached hydrogen (secondary N) is 2. The van der Waals surface area contributed by atoms with Crippen molar-refractivity contribution in [2.75, 3.05) is 5.32 Å². The van der Waals surface area contributed by atoms with Crippen molar-refractivity contribution in [2.24, 2.45) is 0 Å². The molecule has 0 aliphatic carbocycles. The summed E-state index contributed by atoms with van der Waals surface area (Å²) in [6.45, 7) is 5.68. The van der Waals surface area contributed by atoms with E-state index in [1.165, 1.54) is 6.20 Å². The first-order valence-corrected chi connectivity index (χ1v) is 6.45. The molecule has 1 rings (SSSR count). The highest BCUT2D eigenvalue weighted by atomic mass is 16.3. The Bertz CT molecular complexity index is 559. The monoisotopic (exact) mass is 273 g/mol. The van der Waals surface area contributed by atoms with E-state index in [0.29, 0.717) is 5.69 Å². The van der Waals surface area contributed by atoms with Gasteiger partial charge in [0.2, 0.25) is 0 Å². The second-order valence-corrected chi connectivity index (χ2v) is 4.62. The first-order valence-electron chi connectivity index (χ1n) is 6.45. The maximum absolute atomic E-state index is 11.8. The van der Waals surface area contributed by atoms with E-state index in [1.807, 2.05) is 32.9 Å². The van der Waals surface area contributed by atoms with Crippen LogP contribution in [-0.2, 0) is 4.79 Å². The quantitative estimate of drug-likeness (QED) is 0.437. The van der Waals surface area contributed by atoms with Crippen LogP contribution in [0.1, 0.15) is 25.8 Å². The van der Waals surface area contributed by atoms with Crippen molar-refractivity contribution in [3.8, 4) is 11.8 Å². The van der Waals surface area contributed by atoms with Crippen LogP contribution in [0.2, 0.25) is 0 Å². The molecule has 0 heterocycles. The van der Waals surface area contributed by atoms with Crippen LogP contribution in [0.15, 0.2) is 30.0 Å². The lowest BCUT2D eigenvalue weighted by atomic mass is 10.2. The number of nitriles is 1. The van der Waals surface area contributed by atoms with Crippen molar-refractivity contribution < 1.29 is 9.90 Å². The molecule has 1 aromatic carbocycles. The van der Waals surface area contributed by atoms with Crippen molar-refractivity contribution in [2.45, 2.75) is 33.2 Å². The summed E-state index contributed by atoms with van der Waals surface area (Å²) in [6.07, 6.45) is 2.08. The third kappa shape index (κ3) is 4.32. The molecular formula is C15H19N3O2. The fourth-order valence-corrected chi connectivity index (χ4v) is 1.47. The highest BCUT2D eigenvalue weighted by molar-refractivity contribution is 5.97. The summed E-state index contributed by atoms with van der Waals surface area (Å²) in [5.41, 5.74) is 1.33. The van der Waals surface area contributed by atoms with Gasteiger partial charge in [0.1, 0.15) is 17.4 Å². The van der Waals surface area contributed by atoms with Gasteiger partial charge >= 0.3 is 0 Å². The first kappa shape index (κ1) is 15.6. The Hall–Kier alpha value is -2.48. The number of anilines is 1. The number of amides is 1. The number of hydrogen-bond donors (Lipinski definition) is 3. The Morgan fingerprint density at radius 2 is 2.25 bits per heavy atom. The van der Waals surface area contributed by atoms with Gasteiger partial charge in [-0.2, -0.15) is 5.26 Å². The molecule has 106 valence electrons. The van der Waals surface area contributed by atoms with Crippen molar-refractivity contribution in [1.29, 1.82) is 5.26 Å². The third-order valence-electron chi connectivity index (χ3n) is 2.88. The van der Waals surface area contributed by atoms with E-state index in [9.17, 15) is 9.90 Å². The lowest BCUT2D eigenvalue weighted by Crippen LogP contribution is -2.33. The summed E-state index contributed by atoms with van der Waals surface area (Å²) in [6, 6.07) is 6.95. The number of rotatable bonds is 5. The summed E-state index contributed by atoms with van der Waals surface area (Å²) in [5.74, 6) is -0.359. The van der Waals surface area contributed by atoms with Crippen LogP contribution in [0.5, 0.6) is 5.75 Å². The second-order valence-electron chi connectivity index (χ2n) is 4.62. The molecule has 0 aliphatic rings. The zero-order valence-electron chi connectivity index (χ0n) is 11.9. The van der Waals surface area contributed by atoms with E-state index in [0.717, 1.165) is 12.0 Å². The lowest BCUT2D eigenvalue weighted by Gasteiger charge is -2.11. The molecule has 1 unspecified atom stereocenters. The molecule has 0 spiro atoms. The van der Waals surface area contributed by atoms with Crippen molar-refractivity contribution in [1.82, 2.24) is 5.32 Å². The molecular weight excluding hydrogens is 254 g/mol. The smallest absolute Gasteiger partial charge is 0.263 e. The van der Waals surface area contributed by atoms with Crippen molar-refractivity contribution >= 4 is 11.6 Å². The van der Waals surface area contributed by atoms with Crippen LogP contribution in [0.25, 0.3) is 0 Å². The Morgan fingerprint density at radius 3 is 2.80 bits per heavy atom. The van der Waals surface area contributed by atoms with Gasteiger partial charge in [-0.15, -0.1) is 0 Å². The van der Waals surface area contributed by atoms with Crippen LogP contribution >= 0.6 is 0 Å². The molecule has 1 aromatic rings. The summed E-state index contributed by atoms with van der Waals surface area (Å²) in [5, 5.41) is 24.2. The zero-order chi connectivity index (χ0) is 15.1. The van der Waals surface area contributed by atoms with Gasteiger partial charge < -0.3 is 15.7 Å². The largest absolute Gasteiger partial charge is 0.506 e. The minimum absolute atomic E-state index is 0.00651. The molecule has 1 amide bonds. The van der Waals surface area contributed by atoms with Gasteiger partial charge in [-0.1, -0.05) is 13.0 Å². The molecule has 0 aliphatic heterocycles. The number of aryl methyl sites for hydroxylation is 1. The van der Waals surface area contributed by atoms with Gasteiger partial charge in [0.25, 0.3) is 5.91 Å². The normalized spacial score (nSPS) is 12.4. The Labute approximate surface area is 118 Å². The summed E-state index contributed by atoms with van der Waals surface area (Å²) in [4.78, 5) is 11.8. The van der Waals surface area contributed by atoms with E-state index < -0.39 is 5.91 Å². The van der Waals surface area contributed by atoms with E-state index in [-0.39, 0.29) is 17.4 Å². The molecule has 0 aromatic heterocycles. The maximum Gasteiger partial charge on any atom is 0.263 e. The number of aromatic hydroxyl groups is 1. The molecule has 0 saturated carbocycles. The van der Waals surface area contributed by atoms with Gasteiger partial charge in [0, 0.05) is 12.2 Å². The molecule has 0 saturated heterocycles. The highest BCUT2D eigenvalue weighted by Gasteiger charge is 2.11. The number of phenols is 1. The SMILES string of the molecule is CCC(C)NC(=O)/C(C#N)=C\Nc1ccc(C)cc1O. The summed E-state index contributed by atoms with van der Waals surface area (Å²) < 4.78 is 0. The van der Waals surface area contributed by atoms with E-state index in [1.54, 1.807) is 12.1 Å². The van der Waals surface area contributed by atoms with Crippen molar-refractivity contribution in [3.05, 3.63) is 35.5 Å². The number of hydrogen-bond acceptors (Lipinski definition) is 4. The van der Waals surface area contributed by atoms with Crippen LogP contribution in [-0.4, -0.2) is 17.1 Å². The van der Waals surface area contributed by atoms with E-state index in [2.05, 4.69) is 10.6 Å². The highest BCUT2D eigenvalue weighted by Crippen LogP contribution is 2.23. The Morgan fingerprint density at radius 1 is 1.55 bits per heavy atom. The average Bonchev–Trinajstić information content (AvgIpc) is 2.41. The Kier molecular flexibility index (Phi) is 5.60. The number of nitrogens with zero attached hydrogens (tertiary/aromatic N) is 1. The molecule has 20 heavy (non-hydrogen) atoms. The molecule has 0 radical (unpaired) electrons. The molecule has 0 bridgehead atoms. The van der Waals surface area contributed by atoms with Gasteiger partial charge in [-0.05, 0) is 38.0 Å². The molecule has 0 fully saturated rings.